The number of benzene rings is 1. The number of nitrogens with one attached hydrogen (secondary N) is 1. The van der Waals surface area contributed by atoms with Gasteiger partial charge in [0.15, 0.2) is 0 Å². The molecule has 1 rings (SSSR count). The van der Waals surface area contributed by atoms with Gasteiger partial charge < -0.3 is 21.1 Å². The summed E-state index contributed by atoms with van der Waals surface area (Å²) in [5, 5.41) is 12.4. The minimum Gasteiger partial charge on any atom is -0.397 e. The Morgan fingerprint density at radius 2 is 2.00 bits per heavy atom. The van der Waals surface area contributed by atoms with Crippen molar-refractivity contribution in [1.29, 1.82) is 0 Å². The van der Waals surface area contributed by atoms with E-state index in [1.807, 2.05) is 19.0 Å². The largest absolute Gasteiger partial charge is 0.397 e. The number of hydrogen-bond donors (Lipinski definition) is 3. The second-order valence-electron chi connectivity index (χ2n) is 5.52. The first-order valence-corrected chi connectivity index (χ1v) is 6.22. The fourth-order valence-electron chi connectivity index (χ4n) is 1.57. The zero-order chi connectivity index (χ0) is 14.8. The molecule has 1 amide bonds. The van der Waals surface area contributed by atoms with E-state index in [0.29, 0.717) is 11.3 Å². The van der Waals surface area contributed by atoms with Gasteiger partial charge in [-0.25, -0.2) is 0 Å². The van der Waals surface area contributed by atoms with Gasteiger partial charge >= 0.3 is 0 Å². The van der Waals surface area contributed by atoms with E-state index in [2.05, 4.69) is 5.32 Å². The van der Waals surface area contributed by atoms with Crippen molar-refractivity contribution in [3.8, 4) is 0 Å². The Balaban J connectivity index is 2.93. The average molecular weight is 265 g/mol. The van der Waals surface area contributed by atoms with Crippen molar-refractivity contribution in [2.45, 2.75) is 32.4 Å². The number of hydrogen-bond acceptors (Lipinski definition) is 4. The monoisotopic (exact) mass is 265 g/mol. The van der Waals surface area contributed by atoms with Crippen LogP contribution in [0.2, 0.25) is 0 Å². The number of aliphatic hydroxyl groups is 1. The number of amides is 1. The predicted octanol–water partition coefficient (Wildman–Crippen LogP) is 1.22. The lowest BCUT2D eigenvalue weighted by Crippen LogP contribution is -2.51. The van der Waals surface area contributed by atoms with Crippen molar-refractivity contribution in [2.75, 3.05) is 24.7 Å². The molecular formula is C14H23N3O2. The molecule has 5 heteroatoms. The number of nitrogens with zero attached hydrogens (tertiary/aromatic N) is 1. The number of aliphatic hydroxyl groups excluding tert-OH is 1. The quantitative estimate of drug-likeness (QED) is 0.715. The second-order valence-corrected chi connectivity index (χ2v) is 5.52. The predicted molar refractivity (Wildman–Crippen MR) is 78.4 cm³/mol. The molecule has 1 unspecified atom stereocenters. The smallest absolute Gasteiger partial charge is 0.251 e. The van der Waals surface area contributed by atoms with Crippen molar-refractivity contribution in [3.05, 3.63) is 23.8 Å². The topological polar surface area (TPSA) is 78.6 Å². The van der Waals surface area contributed by atoms with Gasteiger partial charge in [-0.15, -0.1) is 0 Å². The van der Waals surface area contributed by atoms with Crippen LogP contribution in [0.4, 0.5) is 11.4 Å². The molecule has 0 heterocycles. The SMILES string of the molecule is CC(O)C(C)(C)NC(=O)c1ccc(N(C)C)c(N)c1. The van der Waals surface area contributed by atoms with E-state index in [1.54, 1.807) is 39.0 Å². The molecule has 0 bridgehead atoms. The normalized spacial score (nSPS) is 12.9. The summed E-state index contributed by atoms with van der Waals surface area (Å²) in [5.74, 6) is -0.247. The molecule has 1 atom stereocenters. The summed E-state index contributed by atoms with van der Waals surface area (Å²) in [5.41, 5.74) is 7.12. The molecule has 0 saturated heterocycles. The van der Waals surface area contributed by atoms with E-state index >= 15 is 0 Å². The first-order valence-electron chi connectivity index (χ1n) is 6.22. The fourth-order valence-corrected chi connectivity index (χ4v) is 1.57. The minimum atomic E-state index is -0.688. The lowest BCUT2D eigenvalue weighted by molar-refractivity contribution is 0.0709. The second kappa shape index (κ2) is 5.48. The van der Waals surface area contributed by atoms with Gasteiger partial charge in [-0.1, -0.05) is 0 Å². The van der Waals surface area contributed by atoms with E-state index in [-0.39, 0.29) is 5.91 Å². The van der Waals surface area contributed by atoms with Gasteiger partial charge in [0.25, 0.3) is 5.91 Å². The minimum absolute atomic E-state index is 0.247. The Morgan fingerprint density at radius 1 is 1.42 bits per heavy atom. The summed E-state index contributed by atoms with van der Waals surface area (Å²) in [6.45, 7) is 5.18. The maximum atomic E-state index is 12.1. The summed E-state index contributed by atoms with van der Waals surface area (Å²) in [4.78, 5) is 14.0. The van der Waals surface area contributed by atoms with Crippen LogP contribution >= 0.6 is 0 Å². The van der Waals surface area contributed by atoms with Gasteiger partial charge in [-0.2, -0.15) is 0 Å². The Kier molecular flexibility index (Phi) is 4.42. The standard InChI is InChI=1S/C14H23N3O2/c1-9(18)14(2,3)16-13(19)10-6-7-12(17(4)5)11(15)8-10/h6-9,18H,15H2,1-5H3,(H,16,19). The Labute approximate surface area is 114 Å². The molecule has 0 aliphatic rings. The van der Waals surface area contributed by atoms with Crippen molar-refractivity contribution >= 4 is 17.3 Å². The van der Waals surface area contributed by atoms with Crippen LogP contribution < -0.4 is 16.0 Å². The van der Waals surface area contributed by atoms with Crippen molar-refractivity contribution in [3.63, 3.8) is 0 Å². The lowest BCUT2D eigenvalue weighted by Gasteiger charge is -2.29. The maximum absolute atomic E-state index is 12.1. The van der Waals surface area contributed by atoms with Crippen molar-refractivity contribution in [2.24, 2.45) is 0 Å². The van der Waals surface area contributed by atoms with Crippen LogP contribution in [0.5, 0.6) is 0 Å². The van der Waals surface area contributed by atoms with Crippen LogP contribution in [-0.4, -0.2) is 36.8 Å². The highest BCUT2D eigenvalue weighted by atomic mass is 16.3. The van der Waals surface area contributed by atoms with Gasteiger partial charge in [0.05, 0.1) is 23.0 Å². The van der Waals surface area contributed by atoms with E-state index < -0.39 is 11.6 Å². The fraction of sp³-hybridized carbons (Fsp3) is 0.500. The first kappa shape index (κ1) is 15.3. The molecule has 0 fully saturated rings. The van der Waals surface area contributed by atoms with Crippen LogP contribution in [0.3, 0.4) is 0 Å². The molecule has 0 aliphatic heterocycles. The third-order valence-electron chi connectivity index (χ3n) is 3.25. The van der Waals surface area contributed by atoms with E-state index in [4.69, 9.17) is 5.73 Å². The molecular weight excluding hydrogens is 242 g/mol. The number of nitrogen functional groups attached to an aromatic ring is 1. The summed E-state index contributed by atoms with van der Waals surface area (Å²) in [7, 11) is 3.78. The number of nitrogens with two attached hydrogens (primary N) is 1. The van der Waals surface area contributed by atoms with Crippen LogP contribution in [0.1, 0.15) is 31.1 Å². The molecule has 19 heavy (non-hydrogen) atoms. The van der Waals surface area contributed by atoms with Gasteiger partial charge in [-0.3, -0.25) is 4.79 Å². The lowest BCUT2D eigenvalue weighted by atomic mass is 9.98. The summed E-state index contributed by atoms with van der Waals surface area (Å²) in [6.07, 6.45) is -0.644. The van der Waals surface area contributed by atoms with Gasteiger partial charge in [-0.05, 0) is 39.0 Å². The van der Waals surface area contributed by atoms with Gasteiger partial charge in [0.1, 0.15) is 0 Å². The highest BCUT2D eigenvalue weighted by Crippen LogP contribution is 2.22. The molecule has 0 spiro atoms. The average Bonchev–Trinajstić information content (AvgIpc) is 2.27. The number of carbonyl (C=O) groups is 1. The van der Waals surface area contributed by atoms with Crippen LogP contribution in [-0.2, 0) is 0 Å². The zero-order valence-electron chi connectivity index (χ0n) is 12.2. The molecule has 106 valence electrons. The van der Waals surface area contributed by atoms with E-state index in [1.165, 1.54) is 0 Å². The van der Waals surface area contributed by atoms with Crippen LogP contribution in [0, 0.1) is 0 Å². The Bertz CT molecular complexity index is 468. The van der Waals surface area contributed by atoms with Gasteiger partial charge in [0, 0.05) is 19.7 Å². The van der Waals surface area contributed by atoms with Crippen molar-refractivity contribution in [1.82, 2.24) is 5.32 Å². The number of carbonyl (C=O) groups excluding carboxylic acids is 1. The first-order chi connectivity index (χ1) is 8.65. The Morgan fingerprint density at radius 3 is 2.42 bits per heavy atom. The molecule has 5 nitrogen and oxygen atoms in total. The molecule has 0 saturated carbocycles. The van der Waals surface area contributed by atoms with Gasteiger partial charge in [0.2, 0.25) is 0 Å². The molecule has 1 aromatic rings. The van der Waals surface area contributed by atoms with E-state index in [0.717, 1.165) is 5.69 Å². The van der Waals surface area contributed by atoms with E-state index in [9.17, 15) is 9.90 Å². The molecule has 1 aromatic carbocycles. The number of rotatable bonds is 4. The molecule has 0 aliphatic carbocycles. The van der Waals surface area contributed by atoms with Crippen LogP contribution in [0.15, 0.2) is 18.2 Å². The molecule has 0 radical (unpaired) electrons. The highest BCUT2D eigenvalue weighted by Gasteiger charge is 2.26. The summed E-state index contributed by atoms with van der Waals surface area (Å²) in [6, 6.07) is 5.17. The third-order valence-corrected chi connectivity index (χ3v) is 3.25. The third kappa shape index (κ3) is 3.61. The summed E-state index contributed by atoms with van der Waals surface area (Å²) >= 11 is 0. The molecule has 0 aromatic heterocycles. The molecule has 4 N–H and O–H groups in total. The summed E-state index contributed by atoms with van der Waals surface area (Å²) < 4.78 is 0. The number of anilines is 2. The van der Waals surface area contributed by atoms with Crippen LogP contribution in [0.25, 0.3) is 0 Å². The Hall–Kier alpha value is -1.75. The maximum Gasteiger partial charge on any atom is 0.251 e. The zero-order valence-corrected chi connectivity index (χ0v) is 12.2. The van der Waals surface area contributed by atoms with Crippen molar-refractivity contribution < 1.29 is 9.90 Å². The highest BCUT2D eigenvalue weighted by molar-refractivity contribution is 5.96.